The van der Waals surface area contributed by atoms with E-state index in [0.717, 1.165) is 11.3 Å². The molecule has 2 saturated heterocycles. The average Bonchev–Trinajstić information content (AvgIpc) is 3.27. The fourth-order valence-electron chi connectivity index (χ4n) is 3.43. The number of nitrogens with zero attached hydrogens (tertiary/aromatic N) is 2. The average molecular weight is 424 g/mol. The maximum absolute atomic E-state index is 12.8. The molecule has 0 aromatic heterocycles. The van der Waals surface area contributed by atoms with E-state index in [2.05, 4.69) is 10.6 Å². The van der Waals surface area contributed by atoms with Crippen LogP contribution in [0.2, 0.25) is 0 Å². The maximum atomic E-state index is 12.8. The van der Waals surface area contributed by atoms with E-state index in [4.69, 9.17) is 9.47 Å². The Labute approximate surface area is 179 Å². The number of benzene rings is 2. The number of carbonyl (C=O) groups is 3. The van der Waals surface area contributed by atoms with Gasteiger partial charge in [-0.05, 0) is 43.3 Å². The molecule has 0 unspecified atom stereocenters. The van der Waals surface area contributed by atoms with Gasteiger partial charge in [0.2, 0.25) is 5.91 Å². The van der Waals surface area contributed by atoms with Gasteiger partial charge in [0.15, 0.2) is 0 Å². The second-order valence-corrected chi connectivity index (χ2v) is 7.42. The van der Waals surface area contributed by atoms with Gasteiger partial charge < -0.3 is 25.0 Å². The molecule has 0 aliphatic carbocycles. The van der Waals surface area contributed by atoms with E-state index in [-0.39, 0.29) is 31.8 Å². The number of hydrogen-bond donors (Lipinski definition) is 2. The molecular weight excluding hydrogens is 400 g/mol. The highest BCUT2D eigenvalue weighted by molar-refractivity contribution is 6.00. The van der Waals surface area contributed by atoms with E-state index in [1.165, 1.54) is 4.90 Å². The molecular formula is C22H24N4O5. The first-order valence-electron chi connectivity index (χ1n) is 10.0. The van der Waals surface area contributed by atoms with Crippen LogP contribution in [0, 0.1) is 6.92 Å². The van der Waals surface area contributed by atoms with Crippen molar-refractivity contribution in [2.75, 3.05) is 48.6 Å². The Morgan fingerprint density at radius 3 is 2.35 bits per heavy atom. The summed E-state index contributed by atoms with van der Waals surface area (Å²) >= 11 is 0. The molecule has 2 N–H and O–H groups in total. The Bertz CT molecular complexity index is 961. The Morgan fingerprint density at radius 1 is 0.968 bits per heavy atom. The third-order valence-corrected chi connectivity index (χ3v) is 5.18. The molecule has 1 atom stereocenters. The number of carbonyl (C=O) groups excluding carboxylic acids is 3. The Balaban J connectivity index is 1.37. The lowest BCUT2D eigenvalue weighted by Gasteiger charge is -2.27. The van der Waals surface area contributed by atoms with Crippen LogP contribution in [-0.4, -0.2) is 61.9 Å². The van der Waals surface area contributed by atoms with Crippen LogP contribution < -0.4 is 15.5 Å². The van der Waals surface area contributed by atoms with E-state index in [1.54, 1.807) is 41.3 Å². The van der Waals surface area contributed by atoms with E-state index in [1.807, 2.05) is 19.1 Å². The van der Waals surface area contributed by atoms with E-state index in [9.17, 15) is 14.4 Å². The van der Waals surface area contributed by atoms with Crippen molar-refractivity contribution in [2.24, 2.45) is 0 Å². The topological polar surface area (TPSA) is 100 Å². The molecule has 0 saturated carbocycles. The zero-order valence-corrected chi connectivity index (χ0v) is 17.2. The van der Waals surface area contributed by atoms with Crippen molar-refractivity contribution < 1.29 is 23.9 Å². The molecule has 2 aliphatic rings. The third kappa shape index (κ3) is 4.84. The minimum Gasteiger partial charge on any atom is -0.370 e. The summed E-state index contributed by atoms with van der Waals surface area (Å²) in [5.74, 6) is -0.437. The molecule has 0 spiro atoms. The van der Waals surface area contributed by atoms with Gasteiger partial charge in [0, 0.05) is 23.6 Å². The maximum Gasteiger partial charge on any atom is 0.324 e. The number of amides is 4. The molecule has 4 amide bonds. The van der Waals surface area contributed by atoms with Gasteiger partial charge in [-0.1, -0.05) is 17.7 Å². The van der Waals surface area contributed by atoms with Crippen LogP contribution in [0.3, 0.4) is 0 Å². The molecule has 2 aromatic rings. The second kappa shape index (κ2) is 9.15. The monoisotopic (exact) mass is 424 g/mol. The predicted molar refractivity (Wildman–Crippen MR) is 115 cm³/mol. The summed E-state index contributed by atoms with van der Waals surface area (Å²) in [6, 6.07) is 13.2. The van der Waals surface area contributed by atoms with Gasteiger partial charge in [-0.3, -0.25) is 14.5 Å². The first-order chi connectivity index (χ1) is 15.0. The Hall–Kier alpha value is -3.43. The van der Waals surface area contributed by atoms with Gasteiger partial charge in [-0.15, -0.1) is 0 Å². The van der Waals surface area contributed by atoms with E-state index < -0.39 is 12.1 Å². The van der Waals surface area contributed by atoms with Gasteiger partial charge in [-0.2, -0.15) is 0 Å². The number of urea groups is 1. The number of aryl methyl sites for hydroxylation is 1. The van der Waals surface area contributed by atoms with Gasteiger partial charge >= 0.3 is 6.03 Å². The quantitative estimate of drug-likeness (QED) is 0.784. The Morgan fingerprint density at radius 2 is 1.65 bits per heavy atom. The van der Waals surface area contributed by atoms with Crippen molar-refractivity contribution in [3.8, 4) is 0 Å². The Kier molecular flexibility index (Phi) is 6.15. The van der Waals surface area contributed by atoms with Crippen LogP contribution in [0.25, 0.3) is 0 Å². The summed E-state index contributed by atoms with van der Waals surface area (Å²) < 4.78 is 10.5. The van der Waals surface area contributed by atoms with Crippen molar-refractivity contribution in [2.45, 2.75) is 13.0 Å². The van der Waals surface area contributed by atoms with Crippen LogP contribution >= 0.6 is 0 Å². The summed E-state index contributed by atoms with van der Waals surface area (Å²) in [5.41, 5.74) is 3.05. The highest BCUT2D eigenvalue weighted by atomic mass is 16.5. The van der Waals surface area contributed by atoms with Gasteiger partial charge in [-0.25, -0.2) is 4.79 Å². The van der Waals surface area contributed by atoms with Crippen LogP contribution in [0.4, 0.5) is 21.9 Å². The van der Waals surface area contributed by atoms with Crippen molar-refractivity contribution in [1.82, 2.24) is 4.90 Å². The molecule has 2 fully saturated rings. The first kappa shape index (κ1) is 20.8. The van der Waals surface area contributed by atoms with Gasteiger partial charge in [0.25, 0.3) is 5.91 Å². The lowest BCUT2D eigenvalue weighted by atomic mass is 10.2. The minimum atomic E-state index is -0.744. The van der Waals surface area contributed by atoms with E-state index >= 15 is 0 Å². The van der Waals surface area contributed by atoms with E-state index in [0.29, 0.717) is 24.5 Å². The second-order valence-electron chi connectivity index (χ2n) is 7.42. The number of ether oxygens (including phenoxy) is 2. The third-order valence-electron chi connectivity index (χ3n) is 5.18. The predicted octanol–water partition coefficient (Wildman–Crippen LogP) is 2.19. The van der Waals surface area contributed by atoms with Crippen molar-refractivity contribution in [3.05, 3.63) is 54.1 Å². The van der Waals surface area contributed by atoms with Gasteiger partial charge in [0.05, 0.1) is 13.2 Å². The summed E-state index contributed by atoms with van der Waals surface area (Å²) in [4.78, 5) is 40.4. The number of morpholine rings is 1. The van der Waals surface area contributed by atoms with Crippen LogP contribution in [0.1, 0.15) is 5.56 Å². The fraction of sp³-hybridized carbons (Fsp3) is 0.318. The molecule has 31 heavy (non-hydrogen) atoms. The summed E-state index contributed by atoms with van der Waals surface area (Å²) in [6.45, 7) is 3.18. The van der Waals surface area contributed by atoms with Gasteiger partial charge in [0.1, 0.15) is 19.4 Å². The molecule has 0 bridgehead atoms. The first-order valence-corrected chi connectivity index (χ1v) is 10.0. The summed E-state index contributed by atoms with van der Waals surface area (Å²) in [7, 11) is 0. The normalized spacial score (nSPS) is 18.7. The highest BCUT2D eigenvalue weighted by Crippen LogP contribution is 2.21. The SMILES string of the molecule is Cc1ccc(NC(=O)N2COC[C@@H]2C(=O)Nc2ccc(N3CCOCC3=O)cc2)cc1. The fourth-order valence-corrected chi connectivity index (χ4v) is 3.43. The largest absolute Gasteiger partial charge is 0.370 e. The lowest BCUT2D eigenvalue weighted by Crippen LogP contribution is -2.46. The minimum absolute atomic E-state index is 0.0356. The number of hydrogen-bond acceptors (Lipinski definition) is 5. The van der Waals surface area contributed by atoms with Crippen molar-refractivity contribution >= 4 is 34.9 Å². The molecule has 9 nitrogen and oxygen atoms in total. The van der Waals surface area contributed by atoms with Crippen molar-refractivity contribution in [3.63, 3.8) is 0 Å². The number of nitrogens with one attached hydrogen (secondary N) is 2. The smallest absolute Gasteiger partial charge is 0.324 e. The zero-order chi connectivity index (χ0) is 21.8. The summed E-state index contributed by atoms with van der Waals surface area (Å²) in [6.07, 6.45) is 0. The standard InChI is InChI=1S/C22H24N4O5/c1-15-2-4-17(5-3-15)24-22(29)26-14-31-12-19(26)21(28)23-16-6-8-18(9-7-16)25-10-11-30-13-20(25)27/h2-9,19H,10-14H2,1H3,(H,23,28)(H,24,29)/t19-/m1/s1. The molecule has 4 rings (SSSR count). The molecule has 2 aliphatic heterocycles. The molecule has 9 heteroatoms. The number of rotatable bonds is 4. The lowest BCUT2D eigenvalue weighted by molar-refractivity contribution is -0.125. The molecule has 2 heterocycles. The zero-order valence-electron chi connectivity index (χ0n) is 17.2. The highest BCUT2D eigenvalue weighted by Gasteiger charge is 2.35. The number of anilines is 3. The molecule has 2 aromatic carbocycles. The molecule has 162 valence electrons. The van der Waals surface area contributed by atoms with Crippen LogP contribution in [0.15, 0.2) is 48.5 Å². The summed E-state index contributed by atoms with van der Waals surface area (Å²) in [5, 5.41) is 5.60. The van der Waals surface area contributed by atoms with Crippen molar-refractivity contribution in [1.29, 1.82) is 0 Å². The molecule has 0 radical (unpaired) electrons. The van der Waals surface area contributed by atoms with Crippen LogP contribution in [0.5, 0.6) is 0 Å². The van der Waals surface area contributed by atoms with Crippen LogP contribution in [-0.2, 0) is 19.1 Å².